The van der Waals surface area contributed by atoms with Crippen LogP contribution in [0.2, 0.25) is 0 Å². The molecule has 18 heavy (non-hydrogen) atoms. The Labute approximate surface area is 109 Å². The van der Waals surface area contributed by atoms with Gasteiger partial charge in [0.2, 0.25) is 11.8 Å². The zero-order chi connectivity index (χ0) is 13.9. The van der Waals surface area contributed by atoms with Gasteiger partial charge in [-0.15, -0.1) is 0 Å². The Bertz CT molecular complexity index is 326. The molecule has 5 nitrogen and oxygen atoms in total. The van der Waals surface area contributed by atoms with Crippen LogP contribution in [0.25, 0.3) is 0 Å². The number of carbonyl (C=O) groups excluding carboxylic acids is 2. The fourth-order valence-corrected chi connectivity index (χ4v) is 2.12. The van der Waals surface area contributed by atoms with Gasteiger partial charge in [0, 0.05) is 40.0 Å². The van der Waals surface area contributed by atoms with Crippen LogP contribution >= 0.6 is 0 Å². The molecule has 1 aliphatic heterocycles. The SMILES string of the molecule is CN(C)C(=O)CC(C)(C)CC(=O)N1CCC(O)C1. The number of amides is 2. The van der Waals surface area contributed by atoms with Gasteiger partial charge in [0.25, 0.3) is 0 Å². The first kappa shape index (κ1) is 15.0. The summed E-state index contributed by atoms with van der Waals surface area (Å²) in [5, 5.41) is 9.41. The van der Waals surface area contributed by atoms with Gasteiger partial charge in [-0.3, -0.25) is 9.59 Å². The van der Waals surface area contributed by atoms with E-state index >= 15 is 0 Å². The summed E-state index contributed by atoms with van der Waals surface area (Å²) in [5.74, 6) is 0.0670. The summed E-state index contributed by atoms with van der Waals surface area (Å²) in [5.41, 5.74) is -0.341. The minimum Gasteiger partial charge on any atom is -0.391 e. The molecule has 0 aliphatic carbocycles. The maximum absolute atomic E-state index is 12.0. The van der Waals surface area contributed by atoms with Crippen LogP contribution in [0.5, 0.6) is 0 Å². The molecule has 0 aromatic rings. The minimum atomic E-state index is -0.388. The van der Waals surface area contributed by atoms with Crippen molar-refractivity contribution in [3.63, 3.8) is 0 Å². The standard InChI is InChI=1S/C13H24N2O3/c1-13(2,7-11(17)14(3)4)8-12(18)15-6-5-10(16)9-15/h10,16H,5-9H2,1-4H3. The van der Waals surface area contributed by atoms with Crippen LogP contribution in [-0.4, -0.2) is 60.0 Å². The molecule has 1 N–H and O–H groups in total. The summed E-state index contributed by atoms with van der Waals surface area (Å²) < 4.78 is 0. The average molecular weight is 256 g/mol. The van der Waals surface area contributed by atoms with Crippen molar-refractivity contribution < 1.29 is 14.7 Å². The Morgan fingerprint density at radius 2 is 1.94 bits per heavy atom. The minimum absolute atomic E-state index is 0.0307. The molecule has 104 valence electrons. The van der Waals surface area contributed by atoms with E-state index in [1.807, 2.05) is 13.8 Å². The van der Waals surface area contributed by atoms with Gasteiger partial charge in [0.1, 0.15) is 0 Å². The zero-order valence-electron chi connectivity index (χ0n) is 11.8. The Balaban J connectivity index is 2.49. The molecule has 0 bridgehead atoms. The number of aliphatic hydroxyl groups excluding tert-OH is 1. The molecule has 1 rings (SSSR count). The van der Waals surface area contributed by atoms with E-state index in [1.54, 1.807) is 23.9 Å². The smallest absolute Gasteiger partial charge is 0.223 e. The summed E-state index contributed by atoms with van der Waals surface area (Å²) in [4.78, 5) is 27.0. The molecule has 0 aromatic heterocycles. The summed E-state index contributed by atoms with van der Waals surface area (Å²) in [6.07, 6.45) is 0.977. The highest BCUT2D eigenvalue weighted by molar-refractivity contribution is 5.80. The fraction of sp³-hybridized carbons (Fsp3) is 0.846. The van der Waals surface area contributed by atoms with Crippen LogP contribution in [0.4, 0.5) is 0 Å². The zero-order valence-corrected chi connectivity index (χ0v) is 11.8. The second kappa shape index (κ2) is 5.69. The highest BCUT2D eigenvalue weighted by Gasteiger charge is 2.31. The highest BCUT2D eigenvalue weighted by Crippen LogP contribution is 2.27. The maximum Gasteiger partial charge on any atom is 0.223 e. The summed E-state index contributed by atoms with van der Waals surface area (Å²) in [7, 11) is 3.44. The first-order valence-corrected chi connectivity index (χ1v) is 6.37. The van der Waals surface area contributed by atoms with Crippen LogP contribution in [-0.2, 0) is 9.59 Å². The van der Waals surface area contributed by atoms with Gasteiger partial charge in [-0.05, 0) is 11.8 Å². The molecule has 1 atom stereocenters. The molecule has 2 amide bonds. The first-order chi connectivity index (χ1) is 8.21. The van der Waals surface area contributed by atoms with Crippen LogP contribution < -0.4 is 0 Å². The van der Waals surface area contributed by atoms with Gasteiger partial charge in [-0.25, -0.2) is 0 Å². The number of hydrogen-bond donors (Lipinski definition) is 1. The van der Waals surface area contributed by atoms with Gasteiger partial charge in [-0.1, -0.05) is 13.8 Å². The largest absolute Gasteiger partial charge is 0.391 e. The molecular formula is C13H24N2O3. The predicted octanol–water partition coefficient (Wildman–Crippen LogP) is 0.474. The van der Waals surface area contributed by atoms with E-state index in [0.717, 1.165) is 0 Å². The number of carbonyl (C=O) groups is 2. The van der Waals surface area contributed by atoms with Crippen molar-refractivity contribution in [2.75, 3.05) is 27.2 Å². The summed E-state index contributed by atoms with van der Waals surface area (Å²) in [6.45, 7) is 4.91. The molecule has 0 spiro atoms. The quantitative estimate of drug-likeness (QED) is 0.795. The van der Waals surface area contributed by atoms with E-state index in [0.29, 0.717) is 32.4 Å². The monoisotopic (exact) mass is 256 g/mol. The van der Waals surface area contributed by atoms with E-state index in [2.05, 4.69) is 0 Å². The van der Waals surface area contributed by atoms with Crippen molar-refractivity contribution in [2.24, 2.45) is 5.41 Å². The molecule has 0 saturated carbocycles. The van der Waals surface area contributed by atoms with Crippen molar-refractivity contribution in [3.05, 3.63) is 0 Å². The van der Waals surface area contributed by atoms with E-state index in [9.17, 15) is 14.7 Å². The van der Waals surface area contributed by atoms with Gasteiger partial charge in [0.05, 0.1) is 6.10 Å². The number of hydrogen-bond acceptors (Lipinski definition) is 3. The van der Waals surface area contributed by atoms with Gasteiger partial charge >= 0.3 is 0 Å². The van der Waals surface area contributed by atoms with Crippen molar-refractivity contribution in [1.29, 1.82) is 0 Å². The van der Waals surface area contributed by atoms with Gasteiger partial charge in [0.15, 0.2) is 0 Å². The third-order valence-electron chi connectivity index (χ3n) is 3.27. The molecule has 1 fully saturated rings. The van der Waals surface area contributed by atoms with Gasteiger partial charge < -0.3 is 14.9 Å². The predicted molar refractivity (Wildman–Crippen MR) is 68.9 cm³/mol. The van der Waals surface area contributed by atoms with Crippen molar-refractivity contribution in [2.45, 2.75) is 39.2 Å². The number of β-amino-alcohol motifs (C(OH)–C–C–N with tert-alkyl or cyclic N) is 1. The number of rotatable bonds is 4. The topological polar surface area (TPSA) is 60.9 Å². The highest BCUT2D eigenvalue weighted by atomic mass is 16.3. The second-order valence-electron chi connectivity index (χ2n) is 6.09. The normalized spacial score (nSPS) is 20.1. The first-order valence-electron chi connectivity index (χ1n) is 6.37. The molecule has 0 radical (unpaired) electrons. The molecule has 0 aromatic carbocycles. The van der Waals surface area contributed by atoms with E-state index < -0.39 is 0 Å². The van der Waals surface area contributed by atoms with E-state index in [-0.39, 0.29) is 23.3 Å². The van der Waals surface area contributed by atoms with Crippen LogP contribution in [0.15, 0.2) is 0 Å². The third kappa shape index (κ3) is 4.29. The van der Waals surface area contributed by atoms with E-state index in [1.165, 1.54) is 0 Å². The number of aliphatic hydroxyl groups is 1. The Hall–Kier alpha value is -1.10. The lowest BCUT2D eigenvalue weighted by Crippen LogP contribution is -2.35. The lowest BCUT2D eigenvalue weighted by Gasteiger charge is -2.27. The number of nitrogens with zero attached hydrogens (tertiary/aromatic N) is 2. The van der Waals surface area contributed by atoms with Crippen LogP contribution in [0.1, 0.15) is 33.1 Å². The van der Waals surface area contributed by atoms with Crippen LogP contribution in [0.3, 0.4) is 0 Å². The van der Waals surface area contributed by atoms with Gasteiger partial charge in [-0.2, -0.15) is 0 Å². The Morgan fingerprint density at radius 1 is 1.33 bits per heavy atom. The summed E-state index contributed by atoms with van der Waals surface area (Å²) in [6, 6.07) is 0. The Kier molecular flexibility index (Phi) is 4.73. The second-order valence-corrected chi connectivity index (χ2v) is 6.09. The van der Waals surface area contributed by atoms with Crippen molar-refractivity contribution in [3.8, 4) is 0 Å². The van der Waals surface area contributed by atoms with Crippen LogP contribution in [0, 0.1) is 5.41 Å². The van der Waals surface area contributed by atoms with Crippen molar-refractivity contribution >= 4 is 11.8 Å². The number of likely N-dealkylation sites (tertiary alicyclic amines) is 1. The molecule has 1 heterocycles. The van der Waals surface area contributed by atoms with E-state index in [4.69, 9.17) is 0 Å². The Morgan fingerprint density at radius 3 is 2.39 bits per heavy atom. The molecule has 1 unspecified atom stereocenters. The molecular weight excluding hydrogens is 232 g/mol. The lowest BCUT2D eigenvalue weighted by molar-refractivity contribution is -0.135. The van der Waals surface area contributed by atoms with Crippen molar-refractivity contribution in [1.82, 2.24) is 9.80 Å². The molecule has 5 heteroatoms. The lowest BCUT2D eigenvalue weighted by atomic mass is 9.84. The summed E-state index contributed by atoms with van der Waals surface area (Å²) >= 11 is 0. The fourth-order valence-electron chi connectivity index (χ4n) is 2.12. The molecule has 1 saturated heterocycles. The maximum atomic E-state index is 12.0. The third-order valence-corrected chi connectivity index (χ3v) is 3.27. The average Bonchev–Trinajstić information content (AvgIpc) is 2.63. The molecule has 1 aliphatic rings.